The van der Waals surface area contributed by atoms with Crippen LogP contribution < -0.4 is 4.74 Å². The van der Waals surface area contributed by atoms with Crippen LogP contribution in [0.4, 0.5) is 0 Å². The maximum Gasteiger partial charge on any atom is 0.219 e. The molecule has 1 rings (SSSR count). The number of methoxy groups -OCH3 is 1. The normalized spacial score (nSPS) is 12.6. The first-order valence-electron chi connectivity index (χ1n) is 4.67. The molecule has 1 aromatic heterocycles. The first-order chi connectivity index (χ1) is 6.69. The zero-order chi connectivity index (χ0) is 10.6. The molecule has 0 aliphatic carbocycles. The monoisotopic (exact) mass is 258 g/mol. The maximum absolute atomic E-state index is 5.13. The predicted molar refractivity (Wildman–Crippen MR) is 60.0 cm³/mol. The molecule has 0 aliphatic heterocycles. The van der Waals surface area contributed by atoms with Crippen LogP contribution in [0.1, 0.15) is 24.6 Å². The van der Waals surface area contributed by atoms with Gasteiger partial charge < -0.3 is 4.74 Å². The molecule has 1 aromatic rings. The van der Waals surface area contributed by atoms with Crippen LogP contribution in [0.15, 0.2) is 6.33 Å². The van der Waals surface area contributed by atoms with Crippen molar-refractivity contribution in [3.63, 3.8) is 0 Å². The van der Waals surface area contributed by atoms with Crippen LogP contribution in [-0.4, -0.2) is 21.9 Å². The number of ether oxygens (including phenoxy) is 1. The first-order valence-corrected chi connectivity index (χ1v) is 5.59. The number of alkyl halides is 1. The van der Waals surface area contributed by atoms with Gasteiger partial charge in [-0.05, 0) is 13.3 Å². The fraction of sp³-hybridized carbons (Fsp3) is 0.600. The summed E-state index contributed by atoms with van der Waals surface area (Å²) in [5.41, 5.74) is 2.09. The fourth-order valence-corrected chi connectivity index (χ4v) is 1.54. The highest BCUT2D eigenvalue weighted by molar-refractivity contribution is 9.09. The summed E-state index contributed by atoms with van der Waals surface area (Å²) in [6.45, 7) is 4.14. The van der Waals surface area contributed by atoms with Crippen molar-refractivity contribution in [1.82, 2.24) is 9.97 Å². The predicted octanol–water partition coefficient (Wildman–Crippen LogP) is 2.51. The van der Waals surface area contributed by atoms with E-state index in [0.717, 1.165) is 24.1 Å². The number of nitrogens with zero attached hydrogens (tertiary/aromatic N) is 2. The molecule has 1 unspecified atom stereocenters. The molecule has 0 saturated heterocycles. The van der Waals surface area contributed by atoms with Gasteiger partial charge in [0.2, 0.25) is 5.88 Å². The third-order valence-corrected chi connectivity index (χ3v) is 3.16. The number of halogens is 1. The zero-order valence-corrected chi connectivity index (χ0v) is 10.3. The molecule has 1 heterocycles. The molecule has 0 radical (unpaired) electrons. The summed E-state index contributed by atoms with van der Waals surface area (Å²) >= 11 is 3.59. The Morgan fingerprint density at radius 2 is 2.21 bits per heavy atom. The van der Waals surface area contributed by atoms with E-state index in [1.54, 1.807) is 13.4 Å². The van der Waals surface area contributed by atoms with Gasteiger partial charge in [0.1, 0.15) is 6.33 Å². The van der Waals surface area contributed by atoms with Crippen LogP contribution >= 0.6 is 15.9 Å². The Morgan fingerprint density at radius 3 is 2.79 bits per heavy atom. The molecule has 0 N–H and O–H groups in total. The van der Waals surface area contributed by atoms with Crippen molar-refractivity contribution in [2.75, 3.05) is 7.11 Å². The highest BCUT2D eigenvalue weighted by atomic mass is 79.9. The van der Waals surface area contributed by atoms with Crippen LogP contribution in [0.3, 0.4) is 0 Å². The third-order valence-electron chi connectivity index (χ3n) is 2.19. The Kier molecular flexibility index (Phi) is 4.32. The summed E-state index contributed by atoms with van der Waals surface area (Å²) in [5.74, 6) is 0.672. The first kappa shape index (κ1) is 11.4. The molecule has 0 amide bonds. The van der Waals surface area contributed by atoms with E-state index in [4.69, 9.17) is 4.74 Å². The van der Waals surface area contributed by atoms with Gasteiger partial charge in [-0.3, -0.25) is 0 Å². The van der Waals surface area contributed by atoms with Crippen molar-refractivity contribution in [2.24, 2.45) is 0 Å². The van der Waals surface area contributed by atoms with Crippen LogP contribution in [0.25, 0.3) is 0 Å². The standard InChI is InChI=1S/C10H15BrN2O/c1-4-8(11)5-9-7(2)10(14-3)13-6-12-9/h6,8H,4-5H2,1-3H3. The molecule has 1 atom stereocenters. The van der Waals surface area contributed by atoms with Gasteiger partial charge in [0.25, 0.3) is 0 Å². The molecular formula is C10H15BrN2O. The minimum Gasteiger partial charge on any atom is -0.481 e. The van der Waals surface area contributed by atoms with E-state index in [-0.39, 0.29) is 0 Å². The molecule has 0 aromatic carbocycles. The van der Waals surface area contributed by atoms with E-state index in [9.17, 15) is 0 Å². The Morgan fingerprint density at radius 1 is 1.50 bits per heavy atom. The van der Waals surface area contributed by atoms with Gasteiger partial charge in [0.05, 0.1) is 12.8 Å². The van der Waals surface area contributed by atoms with Crippen LogP contribution in [0.2, 0.25) is 0 Å². The van der Waals surface area contributed by atoms with Crippen molar-refractivity contribution in [2.45, 2.75) is 31.5 Å². The topological polar surface area (TPSA) is 35.0 Å². The Balaban J connectivity index is 2.86. The van der Waals surface area contributed by atoms with Gasteiger partial charge in [0.15, 0.2) is 0 Å². The van der Waals surface area contributed by atoms with Crippen LogP contribution in [0, 0.1) is 6.92 Å². The minimum atomic E-state index is 0.473. The second-order valence-electron chi connectivity index (χ2n) is 3.16. The molecule has 0 aliphatic rings. The summed E-state index contributed by atoms with van der Waals surface area (Å²) in [7, 11) is 1.63. The summed E-state index contributed by atoms with van der Waals surface area (Å²) in [4.78, 5) is 8.77. The Hall–Kier alpha value is -0.640. The molecule has 4 heteroatoms. The quantitative estimate of drug-likeness (QED) is 0.779. The maximum atomic E-state index is 5.13. The van der Waals surface area contributed by atoms with Crippen molar-refractivity contribution in [1.29, 1.82) is 0 Å². The van der Waals surface area contributed by atoms with Gasteiger partial charge in [0, 0.05) is 16.8 Å². The highest BCUT2D eigenvalue weighted by Crippen LogP contribution is 2.19. The lowest BCUT2D eigenvalue weighted by Crippen LogP contribution is -2.06. The van der Waals surface area contributed by atoms with Gasteiger partial charge in [-0.2, -0.15) is 0 Å². The van der Waals surface area contributed by atoms with E-state index >= 15 is 0 Å². The van der Waals surface area contributed by atoms with E-state index in [0.29, 0.717) is 10.7 Å². The van der Waals surface area contributed by atoms with Crippen molar-refractivity contribution in [3.05, 3.63) is 17.6 Å². The molecule has 0 bridgehead atoms. The van der Waals surface area contributed by atoms with Gasteiger partial charge in [-0.1, -0.05) is 22.9 Å². The molecule has 0 saturated carbocycles. The SMILES string of the molecule is CCC(Br)Cc1ncnc(OC)c1C. The average molecular weight is 259 g/mol. The van der Waals surface area contributed by atoms with E-state index in [1.807, 2.05) is 6.92 Å². The summed E-state index contributed by atoms with van der Waals surface area (Å²) in [6, 6.07) is 0. The Bertz CT molecular complexity index is 304. The van der Waals surface area contributed by atoms with Gasteiger partial charge in [-0.15, -0.1) is 0 Å². The molecule has 78 valence electrons. The summed E-state index contributed by atoms with van der Waals surface area (Å²) < 4.78 is 5.13. The van der Waals surface area contributed by atoms with Crippen molar-refractivity contribution >= 4 is 15.9 Å². The number of aromatic nitrogens is 2. The lowest BCUT2D eigenvalue weighted by Gasteiger charge is -2.10. The summed E-state index contributed by atoms with van der Waals surface area (Å²) in [5, 5.41) is 0. The highest BCUT2D eigenvalue weighted by Gasteiger charge is 2.10. The minimum absolute atomic E-state index is 0.473. The zero-order valence-electron chi connectivity index (χ0n) is 8.75. The smallest absolute Gasteiger partial charge is 0.219 e. The van der Waals surface area contributed by atoms with Gasteiger partial charge >= 0.3 is 0 Å². The second kappa shape index (κ2) is 5.29. The molecule has 0 spiro atoms. The van der Waals surface area contributed by atoms with Gasteiger partial charge in [-0.25, -0.2) is 9.97 Å². The molecular weight excluding hydrogens is 244 g/mol. The largest absolute Gasteiger partial charge is 0.481 e. The third kappa shape index (κ3) is 2.67. The molecule has 14 heavy (non-hydrogen) atoms. The molecule has 3 nitrogen and oxygen atoms in total. The number of hydrogen-bond donors (Lipinski definition) is 0. The number of hydrogen-bond acceptors (Lipinski definition) is 3. The van der Waals surface area contributed by atoms with E-state index < -0.39 is 0 Å². The van der Waals surface area contributed by atoms with Crippen LogP contribution in [0.5, 0.6) is 5.88 Å². The number of rotatable bonds is 4. The summed E-state index contributed by atoms with van der Waals surface area (Å²) in [6.07, 6.45) is 3.56. The van der Waals surface area contributed by atoms with Crippen LogP contribution in [-0.2, 0) is 6.42 Å². The lowest BCUT2D eigenvalue weighted by molar-refractivity contribution is 0.392. The fourth-order valence-electron chi connectivity index (χ4n) is 1.23. The van der Waals surface area contributed by atoms with E-state index in [1.165, 1.54) is 0 Å². The molecule has 0 fully saturated rings. The Labute approximate surface area is 93.0 Å². The van der Waals surface area contributed by atoms with E-state index in [2.05, 4.69) is 32.8 Å². The second-order valence-corrected chi connectivity index (χ2v) is 4.46. The van der Waals surface area contributed by atoms with Crippen molar-refractivity contribution in [3.8, 4) is 5.88 Å². The van der Waals surface area contributed by atoms with Crippen molar-refractivity contribution < 1.29 is 4.74 Å². The lowest BCUT2D eigenvalue weighted by atomic mass is 10.1. The average Bonchev–Trinajstić information content (AvgIpc) is 2.21.